The number of ether oxygens (including phenoxy) is 1. The first kappa shape index (κ1) is 20.6. The topological polar surface area (TPSA) is 89.3 Å². The van der Waals surface area contributed by atoms with Crippen molar-refractivity contribution in [1.82, 2.24) is 25.0 Å². The number of hydrogen-bond donors (Lipinski definition) is 1. The van der Waals surface area contributed by atoms with E-state index in [9.17, 15) is 9.59 Å². The Morgan fingerprint density at radius 1 is 1.26 bits per heavy atom. The number of likely N-dealkylation sites (tertiary alicyclic amines) is 1. The maximum atomic E-state index is 12.5. The largest absolute Gasteiger partial charge is 0.497 e. The van der Waals surface area contributed by atoms with Gasteiger partial charge in [-0.25, -0.2) is 0 Å². The van der Waals surface area contributed by atoms with Gasteiger partial charge in [-0.2, -0.15) is 5.10 Å². The third-order valence-corrected chi connectivity index (χ3v) is 5.60. The molecule has 0 spiro atoms. The minimum atomic E-state index is -0.292. The summed E-state index contributed by atoms with van der Waals surface area (Å²) in [4.78, 5) is 30.8. The second-order valence-electron chi connectivity index (χ2n) is 7.66. The van der Waals surface area contributed by atoms with E-state index in [1.807, 2.05) is 29.1 Å². The molecule has 0 saturated carbocycles. The second-order valence-corrected chi connectivity index (χ2v) is 7.66. The predicted molar refractivity (Wildman–Crippen MR) is 115 cm³/mol. The van der Waals surface area contributed by atoms with Crippen LogP contribution in [0.25, 0.3) is 0 Å². The Labute approximate surface area is 180 Å². The Hall–Kier alpha value is -3.68. The van der Waals surface area contributed by atoms with Crippen LogP contribution in [-0.4, -0.2) is 52.2 Å². The predicted octanol–water partition coefficient (Wildman–Crippen LogP) is 2.28. The van der Waals surface area contributed by atoms with E-state index < -0.39 is 0 Å². The van der Waals surface area contributed by atoms with Crippen LogP contribution in [0.5, 0.6) is 5.75 Å². The van der Waals surface area contributed by atoms with Gasteiger partial charge < -0.3 is 15.0 Å². The van der Waals surface area contributed by atoms with Crippen molar-refractivity contribution < 1.29 is 14.3 Å². The van der Waals surface area contributed by atoms with Crippen molar-refractivity contribution >= 4 is 11.8 Å². The lowest BCUT2D eigenvalue weighted by Gasteiger charge is -2.24. The first-order valence-electron chi connectivity index (χ1n) is 10.2. The minimum Gasteiger partial charge on any atom is -0.497 e. The molecule has 1 aliphatic rings. The van der Waals surface area contributed by atoms with Gasteiger partial charge >= 0.3 is 0 Å². The third kappa shape index (κ3) is 4.58. The molecular formula is C23H25N5O3. The number of nitrogens with zero attached hydrogens (tertiary/aromatic N) is 4. The Kier molecular flexibility index (Phi) is 5.97. The number of rotatable bonds is 7. The highest BCUT2D eigenvalue weighted by molar-refractivity contribution is 5.92. The van der Waals surface area contributed by atoms with Gasteiger partial charge in [0.25, 0.3) is 5.91 Å². The van der Waals surface area contributed by atoms with E-state index in [0.717, 1.165) is 11.1 Å². The van der Waals surface area contributed by atoms with Gasteiger partial charge in [0, 0.05) is 50.0 Å². The van der Waals surface area contributed by atoms with Crippen LogP contribution >= 0.6 is 0 Å². The Balaban J connectivity index is 1.45. The molecular weight excluding hydrogens is 394 g/mol. The zero-order chi connectivity index (χ0) is 21.8. The maximum absolute atomic E-state index is 12.5. The lowest BCUT2D eigenvalue weighted by molar-refractivity contribution is -0.127. The molecule has 2 amide bonds. The summed E-state index contributed by atoms with van der Waals surface area (Å²) in [6.07, 6.45) is 5.69. The summed E-state index contributed by atoms with van der Waals surface area (Å²) in [7, 11) is 3.34. The molecule has 1 N–H and O–H groups in total. The lowest BCUT2D eigenvalue weighted by atomic mass is 9.95. The molecule has 0 unspecified atom stereocenters. The monoisotopic (exact) mass is 419 g/mol. The quantitative estimate of drug-likeness (QED) is 0.635. The number of aromatic nitrogens is 3. The van der Waals surface area contributed by atoms with Crippen LogP contribution in [0.15, 0.2) is 61.1 Å². The van der Waals surface area contributed by atoms with E-state index in [2.05, 4.69) is 27.5 Å². The summed E-state index contributed by atoms with van der Waals surface area (Å²) >= 11 is 0. The number of nitrogens with one attached hydrogen (secondary N) is 1. The minimum absolute atomic E-state index is 0.0542. The molecule has 1 aromatic carbocycles. The summed E-state index contributed by atoms with van der Waals surface area (Å²) in [5, 5.41) is 7.40. The fourth-order valence-electron chi connectivity index (χ4n) is 4.00. The van der Waals surface area contributed by atoms with E-state index >= 15 is 0 Å². The fraction of sp³-hybridized carbons (Fsp3) is 0.304. The molecule has 1 saturated heterocycles. The van der Waals surface area contributed by atoms with Crippen molar-refractivity contribution in [2.75, 3.05) is 20.7 Å². The highest BCUT2D eigenvalue weighted by atomic mass is 16.5. The zero-order valence-corrected chi connectivity index (χ0v) is 17.6. The summed E-state index contributed by atoms with van der Waals surface area (Å²) in [6, 6.07) is 13.2. The molecule has 3 heterocycles. The number of hydrogen-bond acceptors (Lipinski definition) is 5. The second kappa shape index (κ2) is 8.99. The van der Waals surface area contributed by atoms with E-state index in [-0.39, 0.29) is 29.5 Å². The van der Waals surface area contributed by atoms with Gasteiger partial charge in [-0.1, -0.05) is 30.3 Å². The van der Waals surface area contributed by atoms with Crippen molar-refractivity contribution in [3.05, 3.63) is 77.9 Å². The van der Waals surface area contributed by atoms with Crippen LogP contribution in [0, 0.1) is 5.92 Å². The van der Waals surface area contributed by atoms with E-state index in [0.29, 0.717) is 25.3 Å². The molecule has 160 valence electrons. The van der Waals surface area contributed by atoms with Crippen molar-refractivity contribution in [1.29, 1.82) is 0 Å². The van der Waals surface area contributed by atoms with E-state index in [4.69, 9.17) is 4.74 Å². The highest BCUT2D eigenvalue weighted by Crippen LogP contribution is 2.36. The van der Waals surface area contributed by atoms with E-state index in [1.54, 1.807) is 37.4 Å². The number of carbonyl (C=O) groups is 2. The SMILES string of the molecule is COc1ccnc(C(=O)NC[C@@H]2CC(=O)N(C)[C@H]2c2cnn(Cc3ccccc3)c2)c1. The number of pyridine rings is 1. The van der Waals surface area contributed by atoms with Crippen LogP contribution in [0.3, 0.4) is 0 Å². The molecule has 0 radical (unpaired) electrons. The van der Waals surface area contributed by atoms with Crippen molar-refractivity contribution in [3.8, 4) is 5.75 Å². The number of amides is 2. The molecule has 4 rings (SSSR count). The highest BCUT2D eigenvalue weighted by Gasteiger charge is 2.39. The summed E-state index contributed by atoms with van der Waals surface area (Å²) in [5.41, 5.74) is 2.40. The first-order valence-corrected chi connectivity index (χ1v) is 10.2. The average Bonchev–Trinajstić information content (AvgIpc) is 3.36. The standard InChI is InChI=1S/C23H25N5O3/c1-27-21(29)10-17(12-25-23(30)20-11-19(31-2)8-9-24-20)22(27)18-13-26-28(15-18)14-16-6-4-3-5-7-16/h3-9,11,13,15,17,22H,10,12,14H2,1-2H3,(H,25,30)/t17-,22+/m0/s1. The molecule has 8 nitrogen and oxygen atoms in total. The van der Waals surface area contributed by atoms with Gasteiger partial charge in [0.2, 0.25) is 5.91 Å². The number of methoxy groups -OCH3 is 1. The van der Waals surface area contributed by atoms with Crippen LogP contribution in [0.2, 0.25) is 0 Å². The molecule has 0 bridgehead atoms. The van der Waals surface area contributed by atoms with E-state index in [1.165, 1.54) is 6.20 Å². The lowest BCUT2D eigenvalue weighted by Crippen LogP contribution is -2.32. The van der Waals surface area contributed by atoms with Crippen LogP contribution in [0.4, 0.5) is 0 Å². The molecule has 2 aromatic heterocycles. The van der Waals surface area contributed by atoms with Crippen molar-refractivity contribution in [3.63, 3.8) is 0 Å². The van der Waals surface area contributed by atoms with Gasteiger partial charge in [-0.15, -0.1) is 0 Å². The smallest absolute Gasteiger partial charge is 0.270 e. The van der Waals surface area contributed by atoms with Crippen LogP contribution in [0.1, 0.15) is 34.1 Å². The Morgan fingerprint density at radius 3 is 2.84 bits per heavy atom. The van der Waals surface area contributed by atoms with Gasteiger partial charge in [0.1, 0.15) is 11.4 Å². The zero-order valence-electron chi connectivity index (χ0n) is 17.6. The Morgan fingerprint density at radius 2 is 2.06 bits per heavy atom. The fourth-order valence-corrected chi connectivity index (χ4v) is 4.00. The summed E-state index contributed by atoms with van der Waals surface area (Å²) in [5.74, 6) is 0.278. The molecule has 1 aliphatic heterocycles. The van der Waals surface area contributed by atoms with Gasteiger partial charge in [-0.05, 0) is 11.6 Å². The molecule has 1 fully saturated rings. The van der Waals surface area contributed by atoms with Crippen molar-refractivity contribution in [2.24, 2.45) is 5.92 Å². The van der Waals surface area contributed by atoms with Gasteiger partial charge in [0.15, 0.2) is 0 Å². The van der Waals surface area contributed by atoms with Crippen LogP contribution < -0.4 is 10.1 Å². The Bertz CT molecular complexity index is 1070. The summed E-state index contributed by atoms with van der Waals surface area (Å²) < 4.78 is 7.02. The first-order chi connectivity index (χ1) is 15.0. The molecule has 0 aliphatic carbocycles. The molecule has 3 aromatic rings. The van der Waals surface area contributed by atoms with Gasteiger partial charge in [0.05, 0.1) is 25.9 Å². The number of benzene rings is 1. The molecule has 31 heavy (non-hydrogen) atoms. The maximum Gasteiger partial charge on any atom is 0.270 e. The third-order valence-electron chi connectivity index (χ3n) is 5.60. The number of carbonyl (C=O) groups excluding carboxylic acids is 2. The normalized spacial score (nSPS) is 18.3. The molecule has 8 heteroatoms. The van der Waals surface area contributed by atoms with Crippen molar-refractivity contribution in [2.45, 2.75) is 19.0 Å². The average molecular weight is 419 g/mol. The summed E-state index contributed by atoms with van der Waals surface area (Å²) in [6.45, 7) is 1.02. The molecule has 2 atom stereocenters. The van der Waals surface area contributed by atoms with Gasteiger partial charge in [-0.3, -0.25) is 19.3 Å². The van der Waals surface area contributed by atoms with Crippen LogP contribution in [-0.2, 0) is 11.3 Å².